The monoisotopic (exact) mass is 386 g/mol. The third-order valence-electron chi connectivity index (χ3n) is 6.34. The van der Waals surface area contributed by atoms with Gasteiger partial charge in [-0.25, -0.2) is 4.79 Å². The van der Waals surface area contributed by atoms with Crippen molar-refractivity contribution in [2.45, 2.75) is 25.0 Å². The number of ether oxygens (including phenoxy) is 2. The Morgan fingerprint density at radius 3 is 2.66 bits per heavy atom. The van der Waals surface area contributed by atoms with Crippen molar-refractivity contribution in [2.24, 2.45) is 4.99 Å². The summed E-state index contributed by atoms with van der Waals surface area (Å²) in [5.74, 6) is 0.383. The minimum Gasteiger partial charge on any atom is -0.465 e. The highest BCUT2D eigenvalue weighted by atomic mass is 16.5. The minimum atomic E-state index is -0.705. The molecule has 0 radical (unpaired) electrons. The highest BCUT2D eigenvalue weighted by Gasteiger charge is 2.58. The number of hydrogen-bond acceptors (Lipinski definition) is 5. The lowest BCUT2D eigenvalue weighted by Gasteiger charge is -2.45. The molecule has 0 aliphatic carbocycles. The zero-order chi connectivity index (χ0) is 20.4. The van der Waals surface area contributed by atoms with Gasteiger partial charge in [0.25, 0.3) is 0 Å². The molecule has 2 aliphatic heterocycles. The average Bonchev–Trinajstić information content (AvgIpc) is 2.91. The molecule has 0 aromatic heterocycles. The Hall–Kier alpha value is -3.34. The number of aliphatic imine (C=N–C) groups is 1. The molecule has 0 saturated heterocycles. The van der Waals surface area contributed by atoms with E-state index >= 15 is 0 Å². The van der Waals surface area contributed by atoms with Gasteiger partial charge in [-0.1, -0.05) is 30.3 Å². The molecule has 1 unspecified atom stereocenters. The highest BCUT2D eigenvalue weighted by molar-refractivity contribution is 6.03. The van der Waals surface area contributed by atoms with Gasteiger partial charge in [-0.3, -0.25) is 4.99 Å². The maximum atomic E-state index is 11.8. The van der Waals surface area contributed by atoms with Gasteiger partial charge in [0, 0.05) is 18.1 Å². The third kappa shape index (κ3) is 2.21. The van der Waals surface area contributed by atoms with Crippen LogP contribution in [0.1, 0.15) is 29.8 Å². The minimum absolute atomic E-state index is 0.288. The summed E-state index contributed by atoms with van der Waals surface area (Å²) in [7, 11) is 3.43. The molecule has 29 heavy (non-hydrogen) atoms. The maximum absolute atomic E-state index is 11.8. The fourth-order valence-electron chi connectivity index (χ4n) is 4.63. The van der Waals surface area contributed by atoms with E-state index in [1.54, 1.807) is 6.07 Å². The molecular formula is C24H22N2O3. The van der Waals surface area contributed by atoms with Crippen LogP contribution >= 0.6 is 0 Å². The number of carbonyl (C=O) groups excluding carboxylic acids is 1. The summed E-state index contributed by atoms with van der Waals surface area (Å²) in [6, 6.07) is 17.8. The van der Waals surface area contributed by atoms with Gasteiger partial charge < -0.3 is 14.4 Å². The number of para-hydroxylation sites is 1. The first-order chi connectivity index (χ1) is 13.9. The van der Waals surface area contributed by atoms with Gasteiger partial charge in [0.2, 0.25) is 5.72 Å². The van der Waals surface area contributed by atoms with Crippen molar-refractivity contribution in [3.63, 3.8) is 0 Å². The van der Waals surface area contributed by atoms with Crippen LogP contribution in [0.3, 0.4) is 0 Å². The molecule has 5 nitrogen and oxygen atoms in total. The largest absolute Gasteiger partial charge is 0.465 e. The number of nitrogens with zero attached hydrogens (tertiary/aromatic N) is 2. The molecule has 146 valence electrons. The summed E-state index contributed by atoms with van der Waals surface area (Å²) < 4.78 is 11.5. The number of benzene rings is 3. The molecule has 1 atom stereocenters. The van der Waals surface area contributed by atoms with E-state index in [1.807, 2.05) is 43.6 Å². The van der Waals surface area contributed by atoms with Crippen LogP contribution < -0.4 is 9.64 Å². The molecule has 0 N–H and O–H groups in total. The van der Waals surface area contributed by atoms with Crippen molar-refractivity contribution < 1.29 is 14.3 Å². The van der Waals surface area contributed by atoms with Gasteiger partial charge in [0.15, 0.2) is 0 Å². The number of anilines is 1. The van der Waals surface area contributed by atoms with Crippen LogP contribution in [0.15, 0.2) is 59.6 Å². The number of rotatable bonds is 1. The van der Waals surface area contributed by atoms with Crippen LogP contribution in [0.4, 0.5) is 11.4 Å². The Kier molecular flexibility index (Phi) is 3.57. The molecule has 2 aliphatic rings. The Bertz CT molecular complexity index is 1200. The van der Waals surface area contributed by atoms with E-state index in [1.165, 1.54) is 12.7 Å². The standard InChI is InChI=1S/C24H22N2O3/c1-23(2)18-7-5-6-8-19(18)26(3)24(23)14-25-21-17-11-9-16(22(27)28-4)13-15(17)10-12-20(21)29-24/h5-14H,1-4H3. The summed E-state index contributed by atoms with van der Waals surface area (Å²) in [4.78, 5) is 18.9. The first kappa shape index (κ1) is 17.7. The van der Waals surface area contributed by atoms with Crippen molar-refractivity contribution in [3.8, 4) is 5.75 Å². The Morgan fingerprint density at radius 1 is 1.10 bits per heavy atom. The van der Waals surface area contributed by atoms with Gasteiger partial charge in [-0.15, -0.1) is 0 Å². The lowest BCUT2D eigenvalue weighted by Crippen LogP contribution is -2.61. The SMILES string of the molecule is COC(=O)c1ccc2c3c(ccc2c1)OC1(C=N3)N(C)c2ccccc2C1(C)C. The summed E-state index contributed by atoms with van der Waals surface area (Å²) in [6.07, 6.45) is 1.92. The van der Waals surface area contributed by atoms with Crippen LogP contribution in [-0.4, -0.2) is 32.1 Å². The second-order valence-corrected chi connectivity index (χ2v) is 8.10. The van der Waals surface area contributed by atoms with Crippen LogP contribution in [0, 0.1) is 0 Å². The number of carbonyl (C=O) groups is 1. The van der Waals surface area contributed by atoms with Gasteiger partial charge in [-0.2, -0.15) is 0 Å². The molecule has 3 aromatic carbocycles. The lowest BCUT2D eigenvalue weighted by molar-refractivity contribution is 0.0601. The molecule has 1 spiro atoms. The zero-order valence-electron chi connectivity index (χ0n) is 16.9. The normalized spacial score (nSPS) is 21.0. The van der Waals surface area contributed by atoms with E-state index in [4.69, 9.17) is 14.5 Å². The molecule has 2 heterocycles. The lowest BCUT2D eigenvalue weighted by atomic mass is 9.77. The van der Waals surface area contributed by atoms with E-state index in [0.29, 0.717) is 5.56 Å². The maximum Gasteiger partial charge on any atom is 0.337 e. The first-order valence-corrected chi connectivity index (χ1v) is 9.62. The number of esters is 1. The summed E-state index contributed by atoms with van der Waals surface area (Å²) in [5, 5.41) is 1.86. The number of hydrogen-bond donors (Lipinski definition) is 0. The van der Waals surface area contributed by atoms with Crippen molar-refractivity contribution >= 4 is 34.3 Å². The molecule has 0 bridgehead atoms. The van der Waals surface area contributed by atoms with Crippen molar-refractivity contribution in [3.05, 3.63) is 65.7 Å². The summed E-state index contributed by atoms with van der Waals surface area (Å²) in [5.41, 5.74) is 2.69. The average molecular weight is 386 g/mol. The van der Waals surface area contributed by atoms with E-state index in [9.17, 15) is 4.79 Å². The van der Waals surface area contributed by atoms with Crippen LogP contribution in [0.2, 0.25) is 0 Å². The van der Waals surface area contributed by atoms with Crippen molar-refractivity contribution in [1.29, 1.82) is 0 Å². The van der Waals surface area contributed by atoms with Gasteiger partial charge in [-0.05, 0) is 49.1 Å². The molecule has 0 fully saturated rings. The van der Waals surface area contributed by atoms with Gasteiger partial charge >= 0.3 is 5.97 Å². The van der Waals surface area contributed by atoms with Crippen LogP contribution in [-0.2, 0) is 10.2 Å². The Balaban J connectivity index is 1.64. The van der Waals surface area contributed by atoms with Crippen molar-refractivity contribution in [1.82, 2.24) is 0 Å². The molecular weight excluding hydrogens is 364 g/mol. The smallest absolute Gasteiger partial charge is 0.337 e. The second kappa shape index (κ2) is 5.83. The predicted octanol–water partition coefficient (Wildman–Crippen LogP) is 4.85. The predicted molar refractivity (Wildman–Crippen MR) is 115 cm³/mol. The summed E-state index contributed by atoms with van der Waals surface area (Å²) >= 11 is 0. The second-order valence-electron chi connectivity index (χ2n) is 8.10. The molecule has 0 amide bonds. The fourth-order valence-corrected chi connectivity index (χ4v) is 4.63. The zero-order valence-corrected chi connectivity index (χ0v) is 16.9. The fraction of sp³-hybridized carbons (Fsp3) is 0.250. The first-order valence-electron chi connectivity index (χ1n) is 9.62. The molecule has 3 aromatic rings. The quantitative estimate of drug-likeness (QED) is 0.561. The van der Waals surface area contributed by atoms with E-state index in [0.717, 1.165) is 27.9 Å². The molecule has 0 saturated carbocycles. The molecule has 5 heteroatoms. The molecule has 5 rings (SSSR count). The van der Waals surface area contributed by atoms with Crippen molar-refractivity contribution in [2.75, 3.05) is 19.1 Å². The van der Waals surface area contributed by atoms with Crippen LogP contribution in [0.5, 0.6) is 5.75 Å². The summed E-state index contributed by atoms with van der Waals surface area (Å²) in [6.45, 7) is 4.38. The topological polar surface area (TPSA) is 51.1 Å². The highest BCUT2D eigenvalue weighted by Crippen LogP contribution is 2.54. The third-order valence-corrected chi connectivity index (χ3v) is 6.34. The van der Waals surface area contributed by atoms with Gasteiger partial charge in [0.05, 0.1) is 24.3 Å². The Morgan fingerprint density at radius 2 is 1.90 bits per heavy atom. The van der Waals surface area contributed by atoms with E-state index in [-0.39, 0.29) is 11.4 Å². The van der Waals surface area contributed by atoms with E-state index in [2.05, 4.69) is 36.9 Å². The van der Waals surface area contributed by atoms with Crippen LogP contribution in [0.25, 0.3) is 10.8 Å². The number of fused-ring (bicyclic) bond motifs is 4. The Labute approximate surface area is 169 Å². The van der Waals surface area contributed by atoms with E-state index < -0.39 is 5.72 Å². The van der Waals surface area contributed by atoms with Gasteiger partial charge in [0.1, 0.15) is 11.4 Å². The number of methoxy groups -OCH3 is 1. The number of likely N-dealkylation sites (N-methyl/N-ethyl adjacent to an activating group) is 1.